The van der Waals surface area contributed by atoms with Crippen molar-refractivity contribution in [2.24, 2.45) is 4.99 Å². The fourth-order valence-electron chi connectivity index (χ4n) is 6.48. The molecule has 8 rings (SSSR count). The fourth-order valence-corrected chi connectivity index (χ4v) is 6.48. The van der Waals surface area contributed by atoms with Crippen LogP contribution >= 0.6 is 0 Å². The summed E-state index contributed by atoms with van der Waals surface area (Å²) in [5.74, 6) is 0.188. The van der Waals surface area contributed by atoms with Gasteiger partial charge in [0, 0.05) is 27.4 Å². The second-order valence-electron chi connectivity index (χ2n) is 10.5. The molecule has 0 spiro atoms. The van der Waals surface area contributed by atoms with Crippen molar-refractivity contribution in [3.05, 3.63) is 139 Å². The van der Waals surface area contributed by atoms with E-state index in [4.69, 9.17) is 5.41 Å². The third-order valence-corrected chi connectivity index (χ3v) is 8.29. The molecular weight excluding hydrogens is 498 g/mol. The highest BCUT2D eigenvalue weighted by atomic mass is 15.0. The molecule has 1 heterocycles. The van der Waals surface area contributed by atoms with Crippen LogP contribution in [0.5, 0.6) is 0 Å². The van der Waals surface area contributed by atoms with Crippen molar-refractivity contribution in [3.63, 3.8) is 0 Å². The number of aromatic nitrogens is 1. The van der Waals surface area contributed by atoms with Gasteiger partial charge in [-0.1, -0.05) is 97.1 Å². The van der Waals surface area contributed by atoms with Crippen molar-refractivity contribution in [1.82, 2.24) is 4.57 Å². The van der Waals surface area contributed by atoms with E-state index < -0.39 is 0 Å². The van der Waals surface area contributed by atoms with Gasteiger partial charge in [-0.2, -0.15) is 0 Å². The smallest absolute Gasteiger partial charge is 0.151 e. The number of benzene rings is 7. The Kier molecular flexibility index (Phi) is 5.13. The minimum absolute atomic E-state index is 0.188. The number of aliphatic imine (C=N–C) groups is 1. The molecule has 1 aromatic heterocycles. The second-order valence-corrected chi connectivity index (χ2v) is 10.5. The lowest BCUT2D eigenvalue weighted by Gasteiger charge is -2.15. The average Bonchev–Trinajstić information content (AvgIpc) is 3.38. The maximum atomic E-state index is 8.57. The highest BCUT2D eigenvalue weighted by Gasteiger charge is 2.16. The Bertz CT molecular complexity index is 2340. The molecule has 0 unspecified atom stereocenters. The Morgan fingerprint density at radius 2 is 1.10 bits per heavy atom. The molecule has 0 fully saturated rings. The van der Waals surface area contributed by atoms with E-state index in [0.717, 1.165) is 38.5 Å². The third-order valence-electron chi connectivity index (χ3n) is 8.29. The largest absolute Gasteiger partial charge is 0.309 e. The van der Waals surface area contributed by atoms with Gasteiger partial charge in [0.1, 0.15) is 0 Å². The van der Waals surface area contributed by atoms with Crippen LogP contribution in [0.25, 0.3) is 70.9 Å². The minimum atomic E-state index is 0.188. The van der Waals surface area contributed by atoms with E-state index in [9.17, 15) is 0 Å². The summed E-state index contributed by atoms with van der Waals surface area (Å²) >= 11 is 0. The molecule has 1 N–H and O–H groups in total. The lowest BCUT2D eigenvalue weighted by Crippen LogP contribution is -1.97. The monoisotopic (exact) mass is 523 g/mol. The summed E-state index contributed by atoms with van der Waals surface area (Å²) < 4.78 is 2.34. The van der Waals surface area contributed by atoms with Gasteiger partial charge < -0.3 is 4.57 Å². The Labute approximate surface area is 237 Å². The van der Waals surface area contributed by atoms with Crippen molar-refractivity contribution in [2.45, 2.75) is 0 Å². The van der Waals surface area contributed by atoms with Gasteiger partial charge in [0.05, 0.1) is 11.0 Å². The van der Waals surface area contributed by atoms with Crippen LogP contribution in [0.4, 0.5) is 0 Å². The van der Waals surface area contributed by atoms with Crippen LogP contribution in [0.1, 0.15) is 5.56 Å². The van der Waals surface area contributed by atoms with E-state index in [1.165, 1.54) is 38.0 Å². The lowest BCUT2D eigenvalue weighted by atomic mass is 9.89. The van der Waals surface area contributed by atoms with Crippen LogP contribution < -0.4 is 0 Å². The van der Waals surface area contributed by atoms with E-state index in [-0.39, 0.29) is 5.84 Å². The Morgan fingerprint density at radius 1 is 0.512 bits per heavy atom. The van der Waals surface area contributed by atoms with Gasteiger partial charge in [0.2, 0.25) is 0 Å². The number of hydrogen-bond donors (Lipinski definition) is 1. The van der Waals surface area contributed by atoms with Crippen molar-refractivity contribution in [1.29, 1.82) is 5.41 Å². The Balaban J connectivity index is 1.43. The van der Waals surface area contributed by atoms with Gasteiger partial charge in [0.25, 0.3) is 0 Å². The predicted octanol–water partition coefficient (Wildman–Crippen LogP) is 9.94. The average molecular weight is 524 g/mol. The number of hydrogen-bond acceptors (Lipinski definition) is 1. The number of nitrogens with zero attached hydrogens (tertiary/aromatic N) is 2. The SMILES string of the molecule is C=NC(=N)c1cccc2c3ccccc3c3ccc(-c4ccc5c(c4)c4ccccc4n5-c4ccccc4)cc3c12. The fraction of sp³-hybridized carbons (Fsp3) is 0. The van der Waals surface area contributed by atoms with Crippen molar-refractivity contribution < 1.29 is 0 Å². The molecule has 8 aromatic rings. The first kappa shape index (κ1) is 23.4. The second kappa shape index (κ2) is 9.00. The molecule has 7 aromatic carbocycles. The first-order valence-corrected chi connectivity index (χ1v) is 13.7. The first-order valence-electron chi connectivity index (χ1n) is 13.7. The maximum absolute atomic E-state index is 8.57. The van der Waals surface area contributed by atoms with Crippen molar-refractivity contribution in [3.8, 4) is 16.8 Å². The summed E-state index contributed by atoms with van der Waals surface area (Å²) in [4.78, 5) is 4.00. The summed E-state index contributed by atoms with van der Waals surface area (Å²) in [6.07, 6.45) is 0. The zero-order chi connectivity index (χ0) is 27.5. The summed E-state index contributed by atoms with van der Waals surface area (Å²) in [5.41, 5.74) is 6.63. The topological polar surface area (TPSA) is 41.1 Å². The quantitative estimate of drug-likeness (QED) is 0.136. The van der Waals surface area contributed by atoms with Crippen molar-refractivity contribution in [2.75, 3.05) is 0 Å². The molecule has 0 aliphatic rings. The zero-order valence-corrected chi connectivity index (χ0v) is 22.3. The van der Waals surface area contributed by atoms with Gasteiger partial charge in [-0.3, -0.25) is 5.41 Å². The molecule has 0 bridgehead atoms. The molecule has 0 aliphatic carbocycles. The van der Waals surface area contributed by atoms with Gasteiger partial charge in [-0.05, 0) is 81.2 Å². The number of rotatable bonds is 3. The zero-order valence-electron chi connectivity index (χ0n) is 22.3. The minimum Gasteiger partial charge on any atom is -0.309 e. The van der Waals surface area contributed by atoms with Gasteiger partial charge in [-0.15, -0.1) is 0 Å². The molecular formula is C38H25N3. The number of nitrogens with one attached hydrogen (secondary N) is 1. The van der Waals surface area contributed by atoms with E-state index in [1.807, 2.05) is 12.1 Å². The summed E-state index contributed by atoms with van der Waals surface area (Å²) in [5, 5.41) is 17.9. The molecule has 0 amide bonds. The highest BCUT2D eigenvalue weighted by Crippen LogP contribution is 2.40. The molecule has 192 valence electrons. The number of para-hydroxylation sites is 2. The molecule has 0 saturated carbocycles. The number of fused-ring (bicyclic) bond motifs is 9. The van der Waals surface area contributed by atoms with Gasteiger partial charge >= 0.3 is 0 Å². The van der Waals surface area contributed by atoms with E-state index in [0.29, 0.717) is 0 Å². The summed E-state index contributed by atoms with van der Waals surface area (Å²) in [6, 6.07) is 47.3. The molecule has 0 radical (unpaired) electrons. The highest BCUT2D eigenvalue weighted by molar-refractivity contribution is 6.30. The summed E-state index contributed by atoms with van der Waals surface area (Å²) in [7, 11) is 0. The lowest BCUT2D eigenvalue weighted by molar-refractivity contribution is 1.18. The van der Waals surface area contributed by atoms with Gasteiger partial charge in [-0.25, -0.2) is 4.99 Å². The normalized spacial score (nSPS) is 11.6. The van der Waals surface area contributed by atoms with Crippen LogP contribution in [0.3, 0.4) is 0 Å². The Morgan fingerprint density at radius 3 is 1.88 bits per heavy atom. The van der Waals surface area contributed by atoms with Crippen LogP contribution in [0.2, 0.25) is 0 Å². The maximum Gasteiger partial charge on any atom is 0.151 e. The molecule has 3 nitrogen and oxygen atoms in total. The van der Waals surface area contributed by atoms with E-state index >= 15 is 0 Å². The molecule has 0 atom stereocenters. The third kappa shape index (κ3) is 3.46. The van der Waals surface area contributed by atoms with Crippen LogP contribution in [-0.2, 0) is 0 Å². The van der Waals surface area contributed by atoms with Crippen molar-refractivity contribution >= 4 is 66.7 Å². The van der Waals surface area contributed by atoms with E-state index in [1.54, 1.807) is 0 Å². The molecule has 0 aliphatic heterocycles. The Hall–Kier alpha value is -5.54. The van der Waals surface area contributed by atoms with E-state index in [2.05, 4.69) is 138 Å². The molecule has 3 heteroatoms. The standard InChI is InChI=1S/C38H25N3/c1-40-38(39)32-16-9-15-31-28-13-6-5-12-27(28)29-20-18-24(23-34(29)37(31)32)25-19-21-36-33(22-25)30-14-7-8-17-35(30)41(36)26-10-3-2-4-11-26/h2-23,39H,1H2. The first-order chi connectivity index (χ1) is 20.2. The van der Waals surface area contributed by atoms with Crippen LogP contribution in [0.15, 0.2) is 138 Å². The summed E-state index contributed by atoms with van der Waals surface area (Å²) in [6.45, 7) is 3.65. The predicted molar refractivity (Wildman–Crippen MR) is 175 cm³/mol. The van der Waals surface area contributed by atoms with Crippen LogP contribution in [0, 0.1) is 5.41 Å². The number of amidine groups is 1. The van der Waals surface area contributed by atoms with Crippen LogP contribution in [-0.4, -0.2) is 17.1 Å². The van der Waals surface area contributed by atoms with Gasteiger partial charge in [0.15, 0.2) is 5.84 Å². The molecule has 41 heavy (non-hydrogen) atoms. The molecule has 0 saturated heterocycles.